The number of aliphatic hydroxyl groups excluding tert-OH is 1. The SMILES string of the molecule is COc1ccc(-c2cn(CCC(C)(C)NCC(O)c3cccc(-c4cccc(S(N)(=O)=O)c4)c3)nn2)cc1. The molecule has 0 aliphatic heterocycles. The summed E-state index contributed by atoms with van der Waals surface area (Å²) in [6.45, 7) is 5.17. The van der Waals surface area contributed by atoms with Crippen LogP contribution in [-0.2, 0) is 16.6 Å². The lowest BCUT2D eigenvalue weighted by atomic mass is 9.98. The molecule has 0 radical (unpaired) electrons. The molecule has 0 saturated heterocycles. The van der Waals surface area contributed by atoms with Crippen LogP contribution in [0.15, 0.2) is 83.9 Å². The van der Waals surface area contributed by atoms with Crippen molar-refractivity contribution in [1.29, 1.82) is 0 Å². The number of ether oxygens (including phenoxy) is 1. The molecule has 4 N–H and O–H groups in total. The summed E-state index contributed by atoms with van der Waals surface area (Å²) in [7, 11) is -2.17. The minimum absolute atomic E-state index is 0.0490. The molecule has 38 heavy (non-hydrogen) atoms. The fraction of sp³-hybridized carbons (Fsp3) is 0.286. The van der Waals surface area contributed by atoms with Crippen LogP contribution in [0, 0.1) is 0 Å². The number of methoxy groups -OCH3 is 1. The minimum atomic E-state index is -3.80. The van der Waals surface area contributed by atoms with Crippen molar-refractivity contribution in [3.05, 3.63) is 84.6 Å². The summed E-state index contributed by atoms with van der Waals surface area (Å²) in [6, 6.07) is 21.6. The Morgan fingerprint density at radius 1 is 1.03 bits per heavy atom. The van der Waals surface area contributed by atoms with Gasteiger partial charge in [0.15, 0.2) is 0 Å². The van der Waals surface area contributed by atoms with Gasteiger partial charge >= 0.3 is 0 Å². The molecule has 10 heteroatoms. The van der Waals surface area contributed by atoms with Crippen LogP contribution in [0.5, 0.6) is 5.75 Å². The first kappa shape index (κ1) is 27.5. The number of primary sulfonamides is 1. The van der Waals surface area contributed by atoms with Gasteiger partial charge in [0.2, 0.25) is 10.0 Å². The molecule has 0 spiro atoms. The van der Waals surface area contributed by atoms with Gasteiger partial charge < -0.3 is 15.2 Å². The monoisotopic (exact) mass is 535 g/mol. The fourth-order valence-electron chi connectivity index (χ4n) is 4.05. The van der Waals surface area contributed by atoms with E-state index in [9.17, 15) is 13.5 Å². The van der Waals surface area contributed by atoms with E-state index in [1.165, 1.54) is 12.1 Å². The second-order valence-electron chi connectivity index (χ2n) is 9.82. The molecule has 1 aromatic heterocycles. The molecule has 9 nitrogen and oxygen atoms in total. The van der Waals surface area contributed by atoms with Gasteiger partial charge in [0.1, 0.15) is 11.4 Å². The first-order chi connectivity index (χ1) is 18.0. The number of aryl methyl sites for hydroxylation is 1. The van der Waals surface area contributed by atoms with Crippen LogP contribution in [0.25, 0.3) is 22.4 Å². The van der Waals surface area contributed by atoms with Crippen molar-refractivity contribution in [2.45, 2.75) is 43.4 Å². The Hall–Kier alpha value is -3.57. The third kappa shape index (κ3) is 7.05. The van der Waals surface area contributed by atoms with Crippen LogP contribution in [0.3, 0.4) is 0 Å². The average Bonchev–Trinajstić information content (AvgIpc) is 3.40. The Kier molecular flexibility index (Phi) is 8.27. The van der Waals surface area contributed by atoms with Crippen LogP contribution in [0.4, 0.5) is 0 Å². The zero-order chi connectivity index (χ0) is 27.3. The van der Waals surface area contributed by atoms with Crippen molar-refractivity contribution in [3.8, 4) is 28.1 Å². The topological polar surface area (TPSA) is 132 Å². The number of rotatable bonds is 11. The minimum Gasteiger partial charge on any atom is -0.497 e. The third-order valence-corrected chi connectivity index (χ3v) is 7.34. The van der Waals surface area contributed by atoms with E-state index in [4.69, 9.17) is 9.88 Å². The third-order valence-electron chi connectivity index (χ3n) is 6.43. The summed E-state index contributed by atoms with van der Waals surface area (Å²) in [4.78, 5) is 0.0490. The van der Waals surface area contributed by atoms with Crippen molar-refractivity contribution in [1.82, 2.24) is 20.3 Å². The molecule has 3 aromatic carbocycles. The number of benzene rings is 3. The van der Waals surface area contributed by atoms with E-state index < -0.39 is 16.1 Å². The standard InChI is InChI=1S/C28H33N5O4S/c1-28(2,14-15-33-19-26(31-32-33)20-10-12-24(37-3)13-11-20)30-18-27(34)23-8-4-6-21(16-23)22-7-5-9-25(17-22)38(29,35)36/h4-13,16-17,19,27,30,34H,14-15,18H2,1-3H3,(H2,29,35,36). The zero-order valence-electron chi connectivity index (χ0n) is 21.7. The number of hydrogen-bond acceptors (Lipinski definition) is 7. The number of nitrogens with one attached hydrogen (secondary N) is 1. The summed E-state index contributed by atoms with van der Waals surface area (Å²) in [5, 5.41) is 28.1. The van der Waals surface area contributed by atoms with Gasteiger partial charge in [0, 0.05) is 24.2 Å². The van der Waals surface area contributed by atoms with E-state index in [1.54, 1.807) is 13.2 Å². The summed E-state index contributed by atoms with van der Waals surface area (Å²) < 4.78 is 30.5. The van der Waals surface area contributed by atoms with Gasteiger partial charge in [-0.15, -0.1) is 5.10 Å². The van der Waals surface area contributed by atoms with Crippen molar-refractivity contribution in [2.75, 3.05) is 13.7 Å². The first-order valence-electron chi connectivity index (χ1n) is 12.2. The molecule has 1 unspecified atom stereocenters. The van der Waals surface area contributed by atoms with Gasteiger partial charge in [-0.3, -0.25) is 4.68 Å². The van der Waals surface area contributed by atoms with Crippen molar-refractivity contribution in [2.24, 2.45) is 5.14 Å². The summed E-state index contributed by atoms with van der Waals surface area (Å²) in [5.74, 6) is 0.791. The molecule has 4 rings (SSSR count). The van der Waals surface area contributed by atoms with Crippen LogP contribution in [-0.4, -0.2) is 47.7 Å². The van der Waals surface area contributed by atoms with Gasteiger partial charge in [-0.05, 0) is 79.4 Å². The Morgan fingerprint density at radius 2 is 1.71 bits per heavy atom. The highest BCUT2D eigenvalue weighted by Gasteiger charge is 2.20. The Labute approximate surface area is 223 Å². The quantitative estimate of drug-likeness (QED) is 0.266. The van der Waals surface area contributed by atoms with Gasteiger partial charge in [0.05, 0.1) is 24.3 Å². The Bertz CT molecular complexity index is 1480. The van der Waals surface area contributed by atoms with Gasteiger partial charge in [0.25, 0.3) is 0 Å². The number of β-amino-alcohol motifs (C(OH)–C–C–N with tert-alkyl or cyclic N) is 1. The van der Waals surface area contributed by atoms with E-state index in [1.807, 2.05) is 65.5 Å². The maximum absolute atomic E-state index is 11.7. The van der Waals surface area contributed by atoms with Crippen LogP contribution < -0.4 is 15.2 Å². The number of hydrogen-bond donors (Lipinski definition) is 3. The lowest BCUT2D eigenvalue weighted by molar-refractivity contribution is 0.158. The predicted molar refractivity (Wildman–Crippen MR) is 147 cm³/mol. The second kappa shape index (κ2) is 11.4. The predicted octanol–water partition coefficient (Wildman–Crippen LogP) is 3.76. The molecule has 0 saturated carbocycles. The average molecular weight is 536 g/mol. The molecule has 4 aromatic rings. The number of aromatic nitrogens is 3. The number of aliphatic hydroxyl groups is 1. The molecule has 0 amide bonds. The van der Waals surface area contributed by atoms with E-state index in [2.05, 4.69) is 29.5 Å². The highest BCUT2D eigenvalue weighted by molar-refractivity contribution is 7.89. The maximum Gasteiger partial charge on any atom is 0.238 e. The summed E-state index contributed by atoms with van der Waals surface area (Å²) in [6.07, 6.45) is 1.94. The highest BCUT2D eigenvalue weighted by atomic mass is 32.2. The molecular weight excluding hydrogens is 502 g/mol. The Morgan fingerprint density at radius 3 is 2.39 bits per heavy atom. The first-order valence-corrected chi connectivity index (χ1v) is 13.8. The molecule has 0 bridgehead atoms. The number of nitrogens with zero attached hydrogens (tertiary/aromatic N) is 3. The lowest BCUT2D eigenvalue weighted by Crippen LogP contribution is -2.42. The second-order valence-corrected chi connectivity index (χ2v) is 11.4. The van der Waals surface area contributed by atoms with Crippen LogP contribution >= 0.6 is 0 Å². The molecule has 1 atom stereocenters. The number of nitrogens with two attached hydrogens (primary N) is 1. The van der Waals surface area contributed by atoms with Gasteiger partial charge in [-0.1, -0.05) is 35.5 Å². The maximum atomic E-state index is 11.7. The summed E-state index contributed by atoms with van der Waals surface area (Å²) >= 11 is 0. The molecule has 200 valence electrons. The van der Waals surface area contributed by atoms with E-state index >= 15 is 0 Å². The van der Waals surface area contributed by atoms with Crippen LogP contribution in [0.2, 0.25) is 0 Å². The van der Waals surface area contributed by atoms with Gasteiger partial charge in [-0.25, -0.2) is 13.6 Å². The van der Waals surface area contributed by atoms with Crippen molar-refractivity contribution >= 4 is 10.0 Å². The van der Waals surface area contributed by atoms with Crippen molar-refractivity contribution < 1.29 is 18.3 Å². The molecule has 1 heterocycles. The smallest absolute Gasteiger partial charge is 0.238 e. The molecule has 0 fully saturated rings. The molecular formula is C28H33N5O4S. The van der Waals surface area contributed by atoms with Crippen molar-refractivity contribution in [3.63, 3.8) is 0 Å². The zero-order valence-corrected chi connectivity index (χ0v) is 22.5. The normalized spacial score (nSPS) is 12.9. The van der Waals surface area contributed by atoms with E-state index in [-0.39, 0.29) is 10.4 Å². The largest absolute Gasteiger partial charge is 0.497 e. The van der Waals surface area contributed by atoms with E-state index in [0.717, 1.165) is 34.6 Å². The van der Waals surface area contributed by atoms with Gasteiger partial charge in [-0.2, -0.15) is 0 Å². The molecule has 0 aliphatic rings. The Balaban J connectivity index is 1.34. The van der Waals surface area contributed by atoms with Crippen LogP contribution in [0.1, 0.15) is 31.9 Å². The lowest BCUT2D eigenvalue weighted by Gasteiger charge is -2.28. The fourth-order valence-corrected chi connectivity index (χ4v) is 4.61. The number of sulfonamides is 1. The molecule has 0 aliphatic carbocycles. The highest BCUT2D eigenvalue weighted by Crippen LogP contribution is 2.26. The van der Waals surface area contributed by atoms with E-state index in [0.29, 0.717) is 18.7 Å². The summed E-state index contributed by atoms with van der Waals surface area (Å²) in [5.41, 5.74) is 3.73.